The van der Waals surface area contributed by atoms with E-state index in [1.54, 1.807) is 18.7 Å². The third-order valence-corrected chi connectivity index (χ3v) is 5.85. The van der Waals surface area contributed by atoms with Crippen LogP contribution in [0.3, 0.4) is 0 Å². The van der Waals surface area contributed by atoms with E-state index in [1.807, 2.05) is 11.8 Å². The molecule has 0 saturated carbocycles. The van der Waals surface area contributed by atoms with Crippen LogP contribution in [0.2, 0.25) is 5.02 Å². The Hall–Kier alpha value is -2.42. The van der Waals surface area contributed by atoms with Crippen LogP contribution in [0, 0.1) is 17.6 Å². The topological polar surface area (TPSA) is 81.8 Å². The summed E-state index contributed by atoms with van der Waals surface area (Å²) in [6.07, 6.45) is 0.172. The molecule has 0 bridgehead atoms. The van der Waals surface area contributed by atoms with E-state index in [-0.39, 0.29) is 18.4 Å². The van der Waals surface area contributed by atoms with Gasteiger partial charge in [-0.15, -0.1) is 0 Å². The van der Waals surface area contributed by atoms with Gasteiger partial charge in [-0.3, -0.25) is 14.9 Å². The molecule has 1 aromatic rings. The molecule has 10 heteroatoms. The quantitative estimate of drug-likeness (QED) is 0.569. The first-order valence-electron chi connectivity index (χ1n) is 9.35. The Balaban J connectivity index is 1.65. The lowest BCUT2D eigenvalue weighted by Gasteiger charge is -2.42. The molecule has 0 radical (unpaired) electrons. The minimum absolute atomic E-state index is 0.139. The number of nitrogens with zero attached hydrogens (tertiary/aromatic N) is 2. The van der Waals surface area contributed by atoms with Gasteiger partial charge < -0.3 is 15.1 Å². The highest BCUT2D eigenvalue weighted by Crippen LogP contribution is 2.29. The maximum Gasteiger partial charge on any atom is 0.322 e. The molecule has 1 unspecified atom stereocenters. The number of rotatable bonds is 4. The molecule has 3 atom stereocenters. The first-order valence-corrected chi connectivity index (χ1v) is 9.73. The zero-order valence-corrected chi connectivity index (χ0v) is 17.1. The minimum atomic E-state index is -1.13. The highest BCUT2D eigenvalue weighted by atomic mass is 35.5. The average molecular weight is 429 g/mol. The van der Waals surface area contributed by atoms with Crippen molar-refractivity contribution in [3.05, 3.63) is 28.8 Å². The number of urea groups is 1. The van der Waals surface area contributed by atoms with E-state index >= 15 is 0 Å². The van der Waals surface area contributed by atoms with Gasteiger partial charge in [0.2, 0.25) is 5.91 Å². The van der Waals surface area contributed by atoms with Crippen LogP contribution in [0.25, 0.3) is 0 Å². The van der Waals surface area contributed by atoms with Crippen LogP contribution in [-0.4, -0.2) is 54.0 Å². The molecule has 0 aromatic heterocycles. The van der Waals surface area contributed by atoms with Crippen molar-refractivity contribution in [2.75, 3.05) is 24.5 Å². The smallest absolute Gasteiger partial charge is 0.322 e. The van der Waals surface area contributed by atoms with Gasteiger partial charge >= 0.3 is 6.03 Å². The van der Waals surface area contributed by atoms with Gasteiger partial charge in [-0.1, -0.05) is 18.5 Å². The Kier molecular flexibility index (Phi) is 5.71. The van der Waals surface area contributed by atoms with Gasteiger partial charge in [-0.05, 0) is 32.4 Å². The van der Waals surface area contributed by atoms with Crippen molar-refractivity contribution in [1.82, 2.24) is 15.5 Å². The summed E-state index contributed by atoms with van der Waals surface area (Å²) in [7, 11) is 0. The van der Waals surface area contributed by atoms with Gasteiger partial charge in [0.1, 0.15) is 22.2 Å². The van der Waals surface area contributed by atoms with Crippen LogP contribution >= 0.6 is 11.6 Å². The van der Waals surface area contributed by atoms with E-state index < -0.39 is 40.1 Å². The van der Waals surface area contributed by atoms with E-state index in [0.717, 1.165) is 0 Å². The first-order chi connectivity index (χ1) is 13.5. The van der Waals surface area contributed by atoms with Gasteiger partial charge in [-0.25, -0.2) is 13.6 Å². The molecule has 2 N–H and O–H groups in total. The predicted octanol–water partition coefficient (Wildman–Crippen LogP) is 2.28. The molecule has 2 heterocycles. The number of hydrogen-bond donors (Lipinski definition) is 2. The first kappa shape index (κ1) is 21.3. The molecule has 1 aromatic carbocycles. The summed E-state index contributed by atoms with van der Waals surface area (Å²) in [6.45, 7) is 6.29. The average Bonchev–Trinajstić information content (AvgIpc) is 2.89. The van der Waals surface area contributed by atoms with Gasteiger partial charge in [-0.2, -0.15) is 0 Å². The lowest BCUT2D eigenvalue weighted by atomic mass is 9.89. The summed E-state index contributed by atoms with van der Waals surface area (Å²) in [4.78, 5) is 39.8. The number of carbonyl (C=O) groups is 3. The number of carbonyl (C=O) groups excluding carboxylic acids is 3. The second-order valence-electron chi connectivity index (χ2n) is 7.90. The Labute approximate surface area is 172 Å². The van der Waals surface area contributed by atoms with Gasteiger partial charge in [0.25, 0.3) is 5.91 Å². The molecule has 2 aliphatic heterocycles. The Morgan fingerprint density at radius 3 is 2.45 bits per heavy atom. The van der Waals surface area contributed by atoms with Crippen LogP contribution < -0.4 is 15.5 Å². The van der Waals surface area contributed by atoms with Crippen molar-refractivity contribution in [2.24, 2.45) is 5.92 Å². The maximum absolute atomic E-state index is 13.8. The van der Waals surface area contributed by atoms with Crippen LogP contribution in [-0.2, 0) is 9.59 Å². The summed E-state index contributed by atoms with van der Waals surface area (Å²) in [5.74, 6) is -2.74. The summed E-state index contributed by atoms with van der Waals surface area (Å²) >= 11 is 5.55. The molecule has 0 spiro atoms. The fourth-order valence-corrected chi connectivity index (χ4v) is 4.09. The lowest BCUT2D eigenvalue weighted by molar-refractivity contribution is -0.137. The molecular weight excluding hydrogens is 406 g/mol. The summed E-state index contributed by atoms with van der Waals surface area (Å²) in [5.41, 5.74) is -0.757. The number of hydrogen-bond acceptors (Lipinski definition) is 4. The summed E-state index contributed by atoms with van der Waals surface area (Å²) < 4.78 is 27.6. The van der Waals surface area contributed by atoms with Crippen LogP contribution in [0.4, 0.5) is 19.3 Å². The molecule has 7 nitrogen and oxygen atoms in total. The third-order valence-electron chi connectivity index (χ3n) is 5.49. The second kappa shape index (κ2) is 7.78. The Morgan fingerprint density at radius 2 is 1.93 bits per heavy atom. The highest BCUT2D eigenvalue weighted by Gasteiger charge is 2.44. The molecule has 4 amide bonds. The number of amides is 4. The largest absolute Gasteiger partial charge is 0.365 e. The highest BCUT2D eigenvalue weighted by molar-refractivity contribution is 6.31. The van der Waals surface area contributed by atoms with Gasteiger partial charge in [0, 0.05) is 37.3 Å². The summed E-state index contributed by atoms with van der Waals surface area (Å²) in [5, 5.41) is 4.20. The van der Waals surface area contributed by atoms with Crippen LogP contribution in [0.1, 0.15) is 27.2 Å². The van der Waals surface area contributed by atoms with E-state index in [0.29, 0.717) is 25.3 Å². The molecule has 3 rings (SSSR count). The number of halogens is 3. The standard InChI is InChI=1S/C19H23ClF2N4O3/c1-10(8-19(3)17(28)23-18(29)24-19)16(27)25-4-5-26(11(2)9-25)12-6-13(21)15(20)14(22)7-12/h6-7,10-11H,4-5,8-9H2,1-3H3,(H2,23,24,28,29)/t10?,11-,19+/m0/s1. The third kappa shape index (κ3) is 4.14. The molecule has 2 saturated heterocycles. The maximum atomic E-state index is 13.8. The van der Waals surface area contributed by atoms with Crippen molar-refractivity contribution >= 4 is 35.1 Å². The molecule has 2 fully saturated rings. The SMILES string of the molecule is CC(C[C@@]1(C)NC(=O)NC1=O)C(=O)N1CCN(c2cc(F)c(Cl)c(F)c2)[C@@H](C)C1. The molecule has 0 aliphatic carbocycles. The number of anilines is 1. The number of nitrogens with one attached hydrogen (secondary N) is 2. The van der Waals surface area contributed by atoms with E-state index in [4.69, 9.17) is 11.6 Å². The zero-order chi connectivity index (χ0) is 21.5. The van der Waals surface area contributed by atoms with E-state index in [2.05, 4.69) is 10.6 Å². The monoisotopic (exact) mass is 428 g/mol. The molecular formula is C19H23ClF2N4O3. The van der Waals surface area contributed by atoms with Crippen molar-refractivity contribution in [2.45, 2.75) is 38.8 Å². The van der Waals surface area contributed by atoms with Crippen molar-refractivity contribution in [1.29, 1.82) is 0 Å². The van der Waals surface area contributed by atoms with Crippen LogP contribution in [0.15, 0.2) is 12.1 Å². The molecule has 158 valence electrons. The van der Waals surface area contributed by atoms with Crippen molar-refractivity contribution in [3.8, 4) is 0 Å². The van der Waals surface area contributed by atoms with E-state index in [1.165, 1.54) is 12.1 Å². The van der Waals surface area contributed by atoms with Crippen molar-refractivity contribution in [3.63, 3.8) is 0 Å². The lowest BCUT2D eigenvalue weighted by Crippen LogP contribution is -2.55. The zero-order valence-electron chi connectivity index (χ0n) is 16.4. The predicted molar refractivity (Wildman–Crippen MR) is 104 cm³/mol. The van der Waals surface area contributed by atoms with E-state index in [9.17, 15) is 23.2 Å². The minimum Gasteiger partial charge on any atom is -0.365 e. The second-order valence-corrected chi connectivity index (χ2v) is 8.27. The normalized spacial score (nSPS) is 25.7. The Morgan fingerprint density at radius 1 is 1.31 bits per heavy atom. The van der Waals surface area contributed by atoms with Gasteiger partial charge in [0.15, 0.2) is 0 Å². The number of imide groups is 1. The van der Waals surface area contributed by atoms with Crippen LogP contribution in [0.5, 0.6) is 0 Å². The fourth-order valence-electron chi connectivity index (χ4n) is 3.98. The van der Waals surface area contributed by atoms with Crippen molar-refractivity contribution < 1.29 is 23.2 Å². The number of benzene rings is 1. The Bertz CT molecular complexity index is 845. The van der Waals surface area contributed by atoms with Gasteiger partial charge in [0.05, 0.1) is 0 Å². The number of piperazine rings is 1. The fraction of sp³-hybridized carbons (Fsp3) is 0.526. The molecule has 2 aliphatic rings. The molecule has 29 heavy (non-hydrogen) atoms. The summed E-state index contributed by atoms with van der Waals surface area (Å²) in [6, 6.07) is 1.63.